The molecule has 5 aromatic rings. The Balaban J connectivity index is 1.78. The van der Waals surface area contributed by atoms with Crippen LogP contribution in [0.15, 0.2) is 72.8 Å². The van der Waals surface area contributed by atoms with Gasteiger partial charge in [0.15, 0.2) is 0 Å². The molecule has 0 radical (unpaired) electrons. The number of rotatable bonds is 1. The lowest BCUT2D eigenvalue weighted by molar-refractivity contribution is 0.827. The fourth-order valence-electron chi connectivity index (χ4n) is 4.93. The third-order valence-corrected chi connectivity index (χ3v) is 6.04. The third-order valence-electron chi connectivity index (χ3n) is 6.04. The second-order valence-electron chi connectivity index (χ2n) is 7.24. The van der Waals surface area contributed by atoms with E-state index in [9.17, 15) is 0 Å². The number of aryl methyl sites for hydroxylation is 1. The Hall–Kier alpha value is -3.06. The lowest BCUT2D eigenvalue weighted by Crippen LogP contribution is -1.93. The summed E-state index contributed by atoms with van der Waals surface area (Å²) in [6.07, 6.45) is 1.04. The molecule has 1 aromatic heterocycles. The van der Waals surface area contributed by atoms with Gasteiger partial charge in [0.05, 0.1) is 0 Å². The summed E-state index contributed by atoms with van der Waals surface area (Å²) >= 11 is 0. The minimum atomic E-state index is 0.992. The van der Waals surface area contributed by atoms with Crippen molar-refractivity contribution in [3.63, 3.8) is 0 Å². The second-order valence-corrected chi connectivity index (χ2v) is 7.24. The summed E-state index contributed by atoms with van der Waals surface area (Å²) in [6, 6.07) is 27.0. The van der Waals surface area contributed by atoms with Crippen LogP contribution in [0.2, 0.25) is 0 Å². The Kier molecular flexibility index (Phi) is 2.71. The Morgan fingerprint density at radius 2 is 1.50 bits per heavy atom. The van der Waals surface area contributed by atoms with E-state index in [1.165, 1.54) is 54.8 Å². The average Bonchev–Trinajstić information content (AvgIpc) is 3.23. The molecule has 1 aliphatic rings. The van der Waals surface area contributed by atoms with Crippen molar-refractivity contribution in [2.24, 2.45) is 0 Å². The van der Waals surface area contributed by atoms with Crippen LogP contribution in [-0.4, -0.2) is 4.57 Å². The maximum absolute atomic E-state index is 2.44. The van der Waals surface area contributed by atoms with Crippen molar-refractivity contribution in [3.05, 3.63) is 83.9 Å². The number of fused-ring (bicyclic) bond motifs is 9. The zero-order chi connectivity index (χ0) is 17.3. The molecule has 0 aliphatic heterocycles. The van der Waals surface area contributed by atoms with Crippen LogP contribution in [0, 0.1) is 0 Å². The first-order valence-electron chi connectivity index (χ1n) is 9.40. The summed E-state index contributed by atoms with van der Waals surface area (Å²) in [5.41, 5.74) is 8.43. The van der Waals surface area contributed by atoms with E-state index >= 15 is 0 Å². The number of hydrogen-bond donors (Lipinski definition) is 0. The molecule has 0 unspecified atom stereocenters. The molecule has 0 amide bonds. The molecule has 0 saturated heterocycles. The summed E-state index contributed by atoms with van der Waals surface area (Å²) in [6.45, 7) is 3.22. The molecule has 0 N–H and O–H groups in total. The highest BCUT2D eigenvalue weighted by molar-refractivity contribution is 6.21. The molecule has 124 valence electrons. The Bertz CT molecular complexity index is 1340. The minimum absolute atomic E-state index is 0.992. The van der Waals surface area contributed by atoms with E-state index in [1.54, 1.807) is 0 Å². The fourth-order valence-corrected chi connectivity index (χ4v) is 4.93. The van der Waals surface area contributed by atoms with Gasteiger partial charge in [-0.1, -0.05) is 60.7 Å². The zero-order valence-corrected chi connectivity index (χ0v) is 14.8. The van der Waals surface area contributed by atoms with Crippen LogP contribution in [0.1, 0.15) is 18.1 Å². The van der Waals surface area contributed by atoms with Crippen LogP contribution in [0.25, 0.3) is 43.7 Å². The van der Waals surface area contributed by atoms with E-state index in [-0.39, 0.29) is 0 Å². The van der Waals surface area contributed by atoms with E-state index in [2.05, 4.69) is 84.3 Å². The first-order chi connectivity index (χ1) is 12.9. The molecule has 1 heterocycles. The maximum atomic E-state index is 2.44. The van der Waals surface area contributed by atoms with Gasteiger partial charge in [-0.05, 0) is 58.5 Å². The fraction of sp³-hybridized carbons (Fsp3) is 0.120. The quantitative estimate of drug-likeness (QED) is 0.322. The van der Waals surface area contributed by atoms with Crippen LogP contribution >= 0.6 is 0 Å². The van der Waals surface area contributed by atoms with Crippen molar-refractivity contribution in [2.75, 3.05) is 0 Å². The topological polar surface area (TPSA) is 4.93 Å². The monoisotopic (exact) mass is 333 g/mol. The minimum Gasteiger partial charge on any atom is -0.341 e. The molecular weight excluding hydrogens is 314 g/mol. The molecule has 0 atom stereocenters. The normalized spacial score (nSPS) is 12.8. The van der Waals surface area contributed by atoms with E-state index in [1.807, 2.05) is 0 Å². The lowest BCUT2D eigenvalue weighted by atomic mass is 9.96. The van der Waals surface area contributed by atoms with Gasteiger partial charge in [0.25, 0.3) is 0 Å². The highest BCUT2D eigenvalue weighted by Crippen LogP contribution is 2.43. The smallest absolute Gasteiger partial charge is 0.0497 e. The van der Waals surface area contributed by atoms with Gasteiger partial charge in [0, 0.05) is 28.4 Å². The Morgan fingerprint density at radius 1 is 0.692 bits per heavy atom. The lowest BCUT2D eigenvalue weighted by Gasteiger charge is -2.08. The summed E-state index contributed by atoms with van der Waals surface area (Å²) in [7, 11) is 0. The second kappa shape index (κ2) is 4.98. The first kappa shape index (κ1) is 14.1. The van der Waals surface area contributed by atoms with Gasteiger partial charge in [-0.25, -0.2) is 0 Å². The Morgan fingerprint density at radius 3 is 2.42 bits per heavy atom. The first-order valence-corrected chi connectivity index (χ1v) is 9.40. The summed E-state index contributed by atoms with van der Waals surface area (Å²) in [4.78, 5) is 0. The molecule has 26 heavy (non-hydrogen) atoms. The van der Waals surface area contributed by atoms with Gasteiger partial charge in [0.2, 0.25) is 0 Å². The predicted molar refractivity (Wildman–Crippen MR) is 111 cm³/mol. The van der Waals surface area contributed by atoms with Crippen molar-refractivity contribution in [1.82, 2.24) is 4.57 Å². The third kappa shape index (κ3) is 1.65. The zero-order valence-electron chi connectivity index (χ0n) is 14.8. The molecule has 1 nitrogen and oxygen atoms in total. The van der Waals surface area contributed by atoms with Crippen molar-refractivity contribution in [2.45, 2.75) is 19.9 Å². The van der Waals surface area contributed by atoms with E-state index in [0.29, 0.717) is 0 Å². The standard InChI is InChI=1S/C25H19N/c1-2-26-23-10-6-5-9-21(23)25-20-12-11-18-17-8-4-3-7-16(17)15-22(18)19(20)13-14-24(25)26/h3-14H,2,15H2,1H3. The van der Waals surface area contributed by atoms with Crippen molar-refractivity contribution >= 4 is 32.6 Å². The Labute approximate surface area is 152 Å². The summed E-state index contributed by atoms with van der Waals surface area (Å²) in [5.74, 6) is 0. The highest BCUT2D eigenvalue weighted by Gasteiger charge is 2.21. The average molecular weight is 333 g/mol. The molecule has 0 saturated carbocycles. The largest absolute Gasteiger partial charge is 0.341 e. The van der Waals surface area contributed by atoms with Crippen LogP contribution < -0.4 is 0 Å². The van der Waals surface area contributed by atoms with Crippen LogP contribution in [0.4, 0.5) is 0 Å². The van der Waals surface area contributed by atoms with Gasteiger partial charge in [0.1, 0.15) is 0 Å². The molecular formula is C25H19N. The van der Waals surface area contributed by atoms with Crippen molar-refractivity contribution in [1.29, 1.82) is 0 Å². The van der Waals surface area contributed by atoms with Crippen LogP contribution in [0.3, 0.4) is 0 Å². The van der Waals surface area contributed by atoms with E-state index in [4.69, 9.17) is 0 Å². The SMILES string of the molecule is CCn1c2ccccc2c2c3ccc4c(c3ccc21)Cc1ccccc1-4. The maximum Gasteiger partial charge on any atom is 0.0497 e. The van der Waals surface area contributed by atoms with Crippen molar-refractivity contribution in [3.8, 4) is 11.1 Å². The molecule has 6 rings (SSSR count). The molecule has 0 spiro atoms. The van der Waals surface area contributed by atoms with Gasteiger partial charge >= 0.3 is 0 Å². The highest BCUT2D eigenvalue weighted by atomic mass is 15.0. The predicted octanol–water partition coefficient (Wildman–Crippen LogP) is 6.54. The van der Waals surface area contributed by atoms with E-state index in [0.717, 1.165) is 13.0 Å². The number of aromatic nitrogens is 1. The molecule has 1 heteroatoms. The van der Waals surface area contributed by atoms with Crippen molar-refractivity contribution < 1.29 is 0 Å². The summed E-state index contributed by atoms with van der Waals surface area (Å²) in [5, 5.41) is 5.56. The number of nitrogens with zero attached hydrogens (tertiary/aromatic N) is 1. The number of para-hydroxylation sites is 1. The van der Waals surface area contributed by atoms with E-state index < -0.39 is 0 Å². The van der Waals surface area contributed by atoms with Gasteiger partial charge in [-0.2, -0.15) is 0 Å². The summed E-state index contributed by atoms with van der Waals surface area (Å²) < 4.78 is 2.44. The van der Waals surface area contributed by atoms with Gasteiger partial charge in [-0.15, -0.1) is 0 Å². The number of benzene rings is 4. The van der Waals surface area contributed by atoms with Gasteiger partial charge in [-0.3, -0.25) is 0 Å². The molecule has 0 bridgehead atoms. The number of hydrogen-bond acceptors (Lipinski definition) is 0. The molecule has 1 aliphatic carbocycles. The molecule has 4 aromatic carbocycles. The van der Waals surface area contributed by atoms with Crippen LogP contribution in [0.5, 0.6) is 0 Å². The van der Waals surface area contributed by atoms with Crippen LogP contribution in [-0.2, 0) is 13.0 Å². The molecule has 0 fully saturated rings. The van der Waals surface area contributed by atoms with Gasteiger partial charge < -0.3 is 4.57 Å².